The van der Waals surface area contributed by atoms with E-state index in [1.165, 1.54) is 24.4 Å². The summed E-state index contributed by atoms with van der Waals surface area (Å²) in [6.45, 7) is 1.44. The molecule has 4 rings (SSSR count). The van der Waals surface area contributed by atoms with Crippen LogP contribution >= 0.6 is 11.5 Å². The number of benzene rings is 1. The lowest BCUT2D eigenvalue weighted by Crippen LogP contribution is -2.36. The van der Waals surface area contributed by atoms with Crippen molar-refractivity contribution >= 4 is 22.7 Å². The highest BCUT2D eigenvalue weighted by molar-refractivity contribution is 7.09. The van der Waals surface area contributed by atoms with E-state index in [1.54, 1.807) is 12.0 Å². The average molecular weight is 360 g/mol. The maximum absolute atomic E-state index is 12.6. The number of nitrogens with one attached hydrogen (secondary N) is 1. The Hall–Kier alpha value is -2.35. The molecule has 1 fully saturated rings. The van der Waals surface area contributed by atoms with E-state index in [1.807, 2.05) is 18.2 Å². The van der Waals surface area contributed by atoms with Crippen molar-refractivity contribution in [3.63, 3.8) is 0 Å². The number of methoxy groups -OCH3 is 1. The number of carbonyl (C=O) groups excluding carboxylic acids is 1. The van der Waals surface area contributed by atoms with Crippen molar-refractivity contribution in [1.82, 2.24) is 14.3 Å². The topological polar surface area (TPSA) is 76.6 Å². The number of carbonyl (C=O) groups is 1. The molecule has 2 aliphatic rings. The lowest BCUT2D eigenvalue weighted by atomic mass is 10.2. The standard InChI is InChI=1S/C17H20N4O3S/c1-23-13-5-4-12-10-21(6-7-24-14(12)9-13)17(22)19-16-18-15(20-25-16)8-11-2-3-11/h4-5,9,11H,2-3,6-8,10H2,1H3,(H,18,19,20,22). The van der Waals surface area contributed by atoms with Crippen LogP contribution in [0.4, 0.5) is 9.93 Å². The fourth-order valence-electron chi connectivity index (χ4n) is 2.79. The number of fused-ring (bicyclic) bond motifs is 1. The molecule has 1 N–H and O–H groups in total. The largest absolute Gasteiger partial charge is 0.497 e. The number of aromatic nitrogens is 2. The lowest BCUT2D eigenvalue weighted by Gasteiger charge is -2.19. The van der Waals surface area contributed by atoms with Crippen LogP contribution in [0.15, 0.2) is 18.2 Å². The summed E-state index contributed by atoms with van der Waals surface area (Å²) >= 11 is 1.24. The van der Waals surface area contributed by atoms with E-state index in [0.29, 0.717) is 24.8 Å². The van der Waals surface area contributed by atoms with Gasteiger partial charge in [-0.25, -0.2) is 9.78 Å². The highest BCUT2D eigenvalue weighted by Gasteiger charge is 2.24. The van der Waals surface area contributed by atoms with Crippen LogP contribution < -0.4 is 14.8 Å². The SMILES string of the molecule is COc1ccc2c(c1)OCCN(C(=O)Nc1nc(CC3CC3)ns1)C2. The van der Waals surface area contributed by atoms with E-state index in [0.717, 1.165) is 35.2 Å². The van der Waals surface area contributed by atoms with E-state index < -0.39 is 0 Å². The predicted molar refractivity (Wildman–Crippen MR) is 94.3 cm³/mol. The molecule has 1 aliphatic heterocycles. The van der Waals surface area contributed by atoms with Crippen molar-refractivity contribution in [3.05, 3.63) is 29.6 Å². The number of ether oxygens (including phenoxy) is 2. The van der Waals surface area contributed by atoms with E-state index in [4.69, 9.17) is 9.47 Å². The summed E-state index contributed by atoms with van der Waals surface area (Å²) in [6.07, 6.45) is 3.44. The smallest absolute Gasteiger partial charge is 0.324 e. The maximum atomic E-state index is 12.6. The second-order valence-corrected chi connectivity index (χ2v) is 7.09. The summed E-state index contributed by atoms with van der Waals surface area (Å²) in [5.74, 6) is 3.07. The average Bonchev–Trinajstić information content (AvgIpc) is 3.36. The fraction of sp³-hybridized carbons (Fsp3) is 0.471. The summed E-state index contributed by atoms with van der Waals surface area (Å²) in [4.78, 5) is 18.7. The van der Waals surface area contributed by atoms with E-state index in [2.05, 4.69) is 14.7 Å². The van der Waals surface area contributed by atoms with Gasteiger partial charge in [0.05, 0.1) is 20.2 Å². The molecule has 0 saturated heterocycles. The Bertz CT molecular complexity index is 775. The minimum atomic E-state index is -0.179. The van der Waals surface area contributed by atoms with Crippen LogP contribution in [0.2, 0.25) is 0 Å². The van der Waals surface area contributed by atoms with Gasteiger partial charge in [-0.15, -0.1) is 0 Å². The third-order valence-corrected chi connectivity index (χ3v) is 5.06. The number of anilines is 1. The van der Waals surface area contributed by atoms with Crippen molar-refractivity contribution < 1.29 is 14.3 Å². The zero-order valence-electron chi connectivity index (χ0n) is 14.0. The van der Waals surface area contributed by atoms with Gasteiger partial charge < -0.3 is 14.4 Å². The van der Waals surface area contributed by atoms with Crippen LogP contribution in [0.25, 0.3) is 0 Å². The third-order valence-electron chi connectivity index (χ3n) is 4.39. The van der Waals surface area contributed by atoms with Crippen LogP contribution in [-0.4, -0.2) is 40.5 Å². The molecule has 0 unspecified atom stereocenters. The Morgan fingerprint density at radius 2 is 2.36 bits per heavy atom. The van der Waals surface area contributed by atoms with Crippen LogP contribution in [0.3, 0.4) is 0 Å². The van der Waals surface area contributed by atoms with Gasteiger partial charge in [-0.05, 0) is 30.9 Å². The molecular formula is C17H20N4O3S. The summed E-state index contributed by atoms with van der Waals surface area (Å²) in [5.41, 5.74) is 0.958. The molecule has 2 heterocycles. The first-order chi connectivity index (χ1) is 12.2. The van der Waals surface area contributed by atoms with Gasteiger partial charge in [-0.1, -0.05) is 0 Å². The van der Waals surface area contributed by atoms with Gasteiger partial charge in [0.1, 0.15) is 23.9 Å². The van der Waals surface area contributed by atoms with Crippen molar-refractivity contribution in [2.45, 2.75) is 25.8 Å². The molecule has 2 aromatic rings. The second kappa shape index (κ2) is 6.87. The Labute approximate surface area is 150 Å². The van der Waals surface area contributed by atoms with Gasteiger partial charge in [-0.2, -0.15) is 4.37 Å². The predicted octanol–water partition coefficient (Wildman–Crippen LogP) is 2.93. The van der Waals surface area contributed by atoms with Gasteiger partial charge in [0, 0.05) is 29.6 Å². The second-order valence-electron chi connectivity index (χ2n) is 6.34. The maximum Gasteiger partial charge on any atom is 0.324 e. The molecule has 1 aliphatic carbocycles. The minimum absolute atomic E-state index is 0.179. The first kappa shape index (κ1) is 16.1. The first-order valence-corrected chi connectivity index (χ1v) is 9.17. The molecule has 0 bridgehead atoms. The lowest BCUT2D eigenvalue weighted by molar-refractivity contribution is 0.200. The summed E-state index contributed by atoms with van der Waals surface area (Å²) in [6, 6.07) is 5.48. The molecule has 1 aromatic heterocycles. The van der Waals surface area contributed by atoms with Crippen LogP contribution in [0.1, 0.15) is 24.2 Å². The molecule has 132 valence electrons. The van der Waals surface area contributed by atoms with Gasteiger partial charge >= 0.3 is 6.03 Å². The van der Waals surface area contributed by atoms with Crippen molar-refractivity contribution in [2.75, 3.05) is 25.6 Å². The van der Waals surface area contributed by atoms with Crippen LogP contribution in [0.5, 0.6) is 11.5 Å². The van der Waals surface area contributed by atoms with Gasteiger partial charge in [-0.3, -0.25) is 5.32 Å². The van der Waals surface area contributed by atoms with Crippen molar-refractivity contribution in [3.8, 4) is 11.5 Å². The van der Waals surface area contributed by atoms with E-state index >= 15 is 0 Å². The first-order valence-electron chi connectivity index (χ1n) is 8.39. The number of hydrogen-bond donors (Lipinski definition) is 1. The van der Waals surface area contributed by atoms with Gasteiger partial charge in [0.25, 0.3) is 0 Å². The normalized spacial score (nSPS) is 16.6. The molecule has 2 amide bonds. The van der Waals surface area contributed by atoms with E-state index in [-0.39, 0.29) is 6.03 Å². The molecule has 0 spiro atoms. The third kappa shape index (κ3) is 3.84. The van der Waals surface area contributed by atoms with Crippen LogP contribution in [-0.2, 0) is 13.0 Å². The number of urea groups is 1. The summed E-state index contributed by atoms with van der Waals surface area (Å²) in [5, 5.41) is 3.41. The molecule has 1 aromatic carbocycles. The quantitative estimate of drug-likeness (QED) is 0.907. The Balaban J connectivity index is 1.41. The molecule has 25 heavy (non-hydrogen) atoms. The van der Waals surface area contributed by atoms with Gasteiger partial charge in [0.2, 0.25) is 5.13 Å². The highest BCUT2D eigenvalue weighted by atomic mass is 32.1. The Kier molecular flexibility index (Phi) is 4.44. The van der Waals surface area contributed by atoms with Crippen LogP contribution in [0, 0.1) is 5.92 Å². The molecule has 7 nitrogen and oxygen atoms in total. The number of nitrogens with zero attached hydrogens (tertiary/aromatic N) is 3. The van der Waals surface area contributed by atoms with Crippen molar-refractivity contribution in [1.29, 1.82) is 0 Å². The zero-order chi connectivity index (χ0) is 17.2. The molecule has 0 atom stereocenters. The molecule has 1 saturated carbocycles. The number of amides is 2. The monoisotopic (exact) mass is 360 g/mol. The van der Waals surface area contributed by atoms with E-state index in [9.17, 15) is 4.79 Å². The minimum Gasteiger partial charge on any atom is -0.497 e. The fourth-order valence-corrected chi connectivity index (χ4v) is 3.38. The molecule has 0 radical (unpaired) electrons. The Morgan fingerprint density at radius 3 is 3.16 bits per heavy atom. The molecular weight excluding hydrogens is 340 g/mol. The summed E-state index contributed by atoms with van der Waals surface area (Å²) < 4.78 is 15.3. The summed E-state index contributed by atoms with van der Waals surface area (Å²) in [7, 11) is 1.62. The van der Waals surface area contributed by atoms with Gasteiger partial charge in [0.15, 0.2) is 0 Å². The number of hydrogen-bond acceptors (Lipinski definition) is 6. The zero-order valence-corrected chi connectivity index (χ0v) is 14.8. The molecule has 8 heteroatoms. The Morgan fingerprint density at radius 1 is 1.48 bits per heavy atom. The highest BCUT2D eigenvalue weighted by Crippen LogP contribution is 2.32. The number of rotatable bonds is 4. The van der Waals surface area contributed by atoms with Crippen molar-refractivity contribution in [2.24, 2.45) is 5.92 Å².